The molecule has 15 heavy (non-hydrogen) atoms. The molecule has 1 N–H and O–H groups in total. The lowest BCUT2D eigenvalue weighted by Gasteiger charge is -2.24. The zero-order chi connectivity index (χ0) is 10.7. The summed E-state index contributed by atoms with van der Waals surface area (Å²) in [5, 5.41) is 4.50. The topological polar surface area (TPSA) is 12.0 Å². The first-order valence-corrected chi connectivity index (χ1v) is 6.12. The Morgan fingerprint density at radius 3 is 3.00 bits per heavy atom. The molecule has 0 aromatic heterocycles. The molecule has 2 rings (SSSR count). The van der Waals surface area contributed by atoms with Crippen molar-refractivity contribution in [3.05, 3.63) is 34.3 Å². The molecule has 1 saturated heterocycles. The number of hydrogen-bond donors (Lipinski definition) is 1. The fourth-order valence-corrected chi connectivity index (χ4v) is 2.43. The van der Waals surface area contributed by atoms with E-state index in [-0.39, 0.29) is 0 Å². The standard InChI is InChI=1S/C13H18ClN/c1-10-5-4-6-11(13(10)14)9-12-7-2-3-8-15-12/h4-6,12,15H,2-3,7-9H2,1H3. The van der Waals surface area contributed by atoms with E-state index < -0.39 is 0 Å². The molecule has 1 atom stereocenters. The van der Waals surface area contributed by atoms with Crippen LogP contribution in [-0.4, -0.2) is 12.6 Å². The van der Waals surface area contributed by atoms with E-state index in [1.165, 1.54) is 30.4 Å². The Bertz CT molecular complexity index is 329. The molecule has 0 amide bonds. The highest BCUT2D eigenvalue weighted by atomic mass is 35.5. The third kappa shape index (κ3) is 2.73. The van der Waals surface area contributed by atoms with E-state index in [2.05, 4.69) is 30.4 Å². The Hall–Kier alpha value is -0.530. The second kappa shape index (κ2) is 5.00. The van der Waals surface area contributed by atoms with E-state index in [0.717, 1.165) is 18.0 Å². The van der Waals surface area contributed by atoms with E-state index >= 15 is 0 Å². The van der Waals surface area contributed by atoms with E-state index in [1.807, 2.05) is 0 Å². The largest absolute Gasteiger partial charge is 0.314 e. The lowest BCUT2D eigenvalue weighted by Crippen LogP contribution is -2.35. The van der Waals surface area contributed by atoms with Crippen molar-refractivity contribution in [2.45, 2.75) is 38.6 Å². The fraction of sp³-hybridized carbons (Fsp3) is 0.538. The summed E-state index contributed by atoms with van der Waals surface area (Å²) in [4.78, 5) is 0. The number of benzene rings is 1. The monoisotopic (exact) mass is 223 g/mol. The van der Waals surface area contributed by atoms with Crippen molar-refractivity contribution in [1.29, 1.82) is 0 Å². The molecule has 0 spiro atoms. The normalized spacial score (nSPS) is 21.6. The maximum absolute atomic E-state index is 6.28. The first kappa shape index (κ1) is 11.0. The Morgan fingerprint density at radius 2 is 2.27 bits per heavy atom. The van der Waals surface area contributed by atoms with E-state index in [9.17, 15) is 0 Å². The maximum Gasteiger partial charge on any atom is 0.0467 e. The number of piperidine rings is 1. The number of halogens is 1. The van der Waals surface area contributed by atoms with Crippen LogP contribution >= 0.6 is 11.6 Å². The van der Waals surface area contributed by atoms with Crippen molar-refractivity contribution in [3.63, 3.8) is 0 Å². The van der Waals surface area contributed by atoms with Gasteiger partial charge in [0.25, 0.3) is 0 Å². The Balaban J connectivity index is 2.06. The van der Waals surface area contributed by atoms with Gasteiger partial charge in [0.1, 0.15) is 0 Å². The first-order valence-electron chi connectivity index (χ1n) is 5.75. The van der Waals surface area contributed by atoms with E-state index in [1.54, 1.807) is 0 Å². The van der Waals surface area contributed by atoms with Crippen LogP contribution in [0.25, 0.3) is 0 Å². The third-order valence-electron chi connectivity index (χ3n) is 3.15. The molecule has 1 aliphatic heterocycles. The van der Waals surface area contributed by atoms with Crippen molar-refractivity contribution < 1.29 is 0 Å². The molecule has 82 valence electrons. The predicted molar refractivity (Wildman–Crippen MR) is 65.5 cm³/mol. The Morgan fingerprint density at radius 1 is 1.40 bits per heavy atom. The molecular weight excluding hydrogens is 206 g/mol. The summed E-state index contributed by atoms with van der Waals surface area (Å²) < 4.78 is 0. The molecule has 0 saturated carbocycles. The van der Waals surface area contributed by atoms with Gasteiger partial charge >= 0.3 is 0 Å². The van der Waals surface area contributed by atoms with Gasteiger partial charge in [-0.1, -0.05) is 36.2 Å². The van der Waals surface area contributed by atoms with Gasteiger partial charge in [0.05, 0.1) is 0 Å². The van der Waals surface area contributed by atoms with Crippen LogP contribution in [0.4, 0.5) is 0 Å². The van der Waals surface area contributed by atoms with Crippen LogP contribution < -0.4 is 5.32 Å². The lowest BCUT2D eigenvalue weighted by molar-refractivity contribution is 0.399. The molecule has 0 radical (unpaired) electrons. The van der Waals surface area contributed by atoms with Crippen LogP contribution in [-0.2, 0) is 6.42 Å². The molecule has 1 unspecified atom stereocenters. The van der Waals surface area contributed by atoms with Crippen LogP contribution in [0, 0.1) is 6.92 Å². The SMILES string of the molecule is Cc1cccc(CC2CCCCN2)c1Cl. The molecule has 2 heteroatoms. The van der Waals surface area contributed by atoms with Crippen molar-refractivity contribution in [2.24, 2.45) is 0 Å². The summed E-state index contributed by atoms with van der Waals surface area (Å²) in [5.41, 5.74) is 2.47. The van der Waals surface area contributed by atoms with Crippen LogP contribution in [0.1, 0.15) is 30.4 Å². The zero-order valence-corrected chi connectivity index (χ0v) is 9.98. The number of rotatable bonds is 2. The number of aryl methyl sites for hydroxylation is 1. The molecule has 1 aromatic carbocycles. The highest BCUT2D eigenvalue weighted by Crippen LogP contribution is 2.23. The summed E-state index contributed by atoms with van der Waals surface area (Å²) in [5.74, 6) is 0. The predicted octanol–water partition coefficient (Wildman–Crippen LogP) is 3.33. The maximum atomic E-state index is 6.28. The van der Waals surface area contributed by atoms with Gasteiger partial charge in [0, 0.05) is 11.1 Å². The van der Waals surface area contributed by atoms with Gasteiger partial charge in [-0.2, -0.15) is 0 Å². The van der Waals surface area contributed by atoms with Gasteiger partial charge in [-0.05, 0) is 43.9 Å². The zero-order valence-electron chi connectivity index (χ0n) is 9.22. The minimum absolute atomic E-state index is 0.623. The second-order valence-corrected chi connectivity index (χ2v) is 4.78. The molecular formula is C13H18ClN. The van der Waals surface area contributed by atoms with E-state index in [0.29, 0.717) is 6.04 Å². The van der Waals surface area contributed by atoms with Gasteiger partial charge in [0.2, 0.25) is 0 Å². The molecule has 1 fully saturated rings. The van der Waals surface area contributed by atoms with Crippen LogP contribution in [0.5, 0.6) is 0 Å². The summed E-state index contributed by atoms with van der Waals surface area (Å²) in [6, 6.07) is 6.93. The Kier molecular flexibility index (Phi) is 3.66. The number of nitrogens with one attached hydrogen (secondary N) is 1. The van der Waals surface area contributed by atoms with Crippen molar-refractivity contribution in [1.82, 2.24) is 5.32 Å². The smallest absolute Gasteiger partial charge is 0.0467 e. The van der Waals surface area contributed by atoms with E-state index in [4.69, 9.17) is 11.6 Å². The highest BCUT2D eigenvalue weighted by Gasteiger charge is 2.14. The molecule has 1 aromatic rings. The van der Waals surface area contributed by atoms with Gasteiger partial charge < -0.3 is 5.32 Å². The van der Waals surface area contributed by atoms with Gasteiger partial charge in [-0.25, -0.2) is 0 Å². The Labute approximate surface area is 96.8 Å². The van der Waals surface area contributed by atoms with Gasteiger partial charge in [-0.3, -0.25) is 0 Å². The molecule has 1 heterocycles. The summed E-state index contributed by atoms with van der Waals surface area (Å²) in [6.45, 7) is 3.23. The van der Waals surface area contributed by atoms with Crippen LogP contribution in [0.15, 0.2) is 18.2 Å². The molecule has 1 nitrogen and oxygen atoms in total. The second-order valence-electron chi connectivity index (χ2n) is 4.40. The first-order chi connectivity index (χ1) is 7.27. The molecule has 0 bridgehead atoms. The number of hydrogen-bond acceptors (Lipinski definition) is 1. The van der Waals surface area contributed by atoms with Crippen LogP contribution in [0.2, 0.25) is 5.02 Å². The molecule has 1 aliphatic rings. The average molecular weight is 224 g/mol. The van der Waals surface area contributed by atoms with Crippen molar-refractivity contribution in [3.8, 4) is 0 Å². The van der Waals surface area contributed by atoms with Gasteiger partial charge in [-0.15, -0.1) is 0 Å². The highest BCUT2D eigenvalue weighted by molar-refractivity contribution is 6.32. The van der Waals surface area contributed by atoms with Gasteiger partial charge in [0.15, 0.2) is 0 Å². The fourth-order valence-electron chi connectivity index (χ4n) is 2.23. The van der Waals surface area contributed by atoms with Crippen molar-refractivity contribution in [2.75, 3.05) is 6.54 Å². The van der Waals surface area contributed by atoms with Crippen molar-refractivity contribution >= 4 is 11.6 Å². The summed E-state index contributed by atoms with van der Waals surface area (Å²) in [7, 11) is 0. The molecule has 0 aliphatic carbocycles. The minimum Gasteiger partial charge on any atom is -0.314 e. The lowest BCUT2D eigenvalue weighted by atomic mass is 9.97. The quantitative estimate of drug-likeness (QED) is 0.811. The van der Waals surface area contributed by atoms with Crippen LogP contribution in [0.3, 0.4) is 0 Å². The summed E-state index contributed by atoms with van der Waals surface area (Å²) >= 11 is 6.28. The third-order valence-corrected chi connectivity index (χ3v) is 3.69. The minimum atomic E-state index is 0.623. The average Bonchev–Trinajstić information content (AvgIpc) is 2.26. The summed E-state index contributed by atoms with van der Waals surface area (Å²) in [6.07, 6.45) is 5.02.